The topological polar surface area (TPSA) is 32.0 Å². The van der Waals surface area contributed by atoms with Gasteiger partial charge < -0.3 is 22.9 Å². The first-order valence-electron chi connectivity index (χ1n) is 11.6. The molecule has 0 amide bonds. The lowest BCUT2D eigenvalue weighted by Crippen LogP contribution is -2.52. The van der Waals surface area contributed by atoms with Crippen LogP contribution in [0.2, 0.25) is 0 Å². The van der Waals surface area contributed by atoms with Crippen molar-refractivity contribution < 1.29 is 13.1 Å². The van der Waals surface area contributed by atoms with Gasteiger partial charge in [0.2, 0.25) is 5.84 Å². The molecule has 0 unspecified atom stereocenters. The molecule has 2 aliphatic rings. The number of para-hydroxylation sites is 2. The molecule has 172 valence electrons. The Labute approximate surface area is 202 Å². The summed E-state index contributed by atoms with van der Waals surface area (Å²) in [7, 11) is 0. The molecule has 0 aliphatic carbocycles. The van der Waals surface area contributed by atoms with E-state index in [1.54, 1.807) is 24.3 Å². The second-order valence-electron chi connectivity index (χ2n) is 8.76. The number of halogens is 2. The van der Waals surface area contributed by atoms with Gasteiger partial charge in [0.05, 0.1) is 11.5 Å². The third-order valence-corrected chi connectivity index (χ3v) is 6.40. The first-order valence-corrected chi connectivity index (χ1v) is 11.6. The highest BCUT2D eigenvalue weighted by Gasteiger charge is 2.50. The average molecular weight is 464 g/mol. The smallest absolute Gasteiger partial charge is 0.414 e. The molecule has 0 bridgehead atoms. The van der Waals surface area contributed by atoms with Crippen molar-refractivity contribution in [3.63, 3.8) is 0 Å². The van der Waals surface area contributed by atoms with Gasteiger partial charge in [-0.2, -0.15) is 0 Å². The van der Waals surface area contributed by atoms with Crippen LogP contribution >= 0.6 is 0 Å². The molecule has 0 radical (unpaired) electrons. The van der Waals surface area contributed by atoms with Gasteiger partial charge in [0.1, 0.15) is 5.69 Å². The summed E-state index contributed by atoms with van der Waals surface area (Å²) < 4.78 is 35.2. The molecular weight excluding hydrogens is 441 g/mol. The van der Waals surface area contributed by atoms with Crippen LogP contribution in [0.1, 0.15) is 16.8 Å². The minimum Gasteiger partial charge on any atom is -0.414 e. The maximum absolute atomic E-state index is 16.4. The summed E-state index contributed by atoms with van der Waals surface area (Å²) in [6, 6.07) is 30.2. The van der Waals surface area contributed by atoms with Gasteiger partial charge in [0.15, 0.2) is 0 Å². The molecule has 0 atom stereocenters. The van der Waals surface area contributed by atoms with Gasteiger partial charge >= 0.3 is 6.97 Å². The first-order chi connectivity index (χ1) is 17.0. The Morgan fingerprint density at radius 2 is 1.34 bits per heavy atom. The molecule has 2 N–H and O–H groups in total. The van der Waals surface area contributed by atoms with Crippen LogP contribution in [0.3, 0.4) is 0 Å². The molecule has 4 aromatic rings. The van der Waals surface area contributed by atoms with Crippen LogP contribution in [0.4, 0.5) is 25.8 Å². The fraction of sp³-hybridized carbons (Fsp3) is 0.0357. The summed E-state index contributed by atoms with van der Waals surface area (Å²) in [5.74, 6) is 0.677. The predicted octanol–water partition coefficient (Wildman–Crippen LogP) is 6.63. The van der Waals surface area contributed by atoms with Crippen molar-refractivity contribution in [2.45, 2.75) is 6.92 Å². The number of hydrogen-bond donors (Lipinski definition) is 2. The van der Waals surface area contributed by atoms with E-state index >= 15 is 8.63 Å². The zero-order valence-electron chi connectivity index (χ0n) is 19.1. The van der Waals surface area contributed by atoms with Crippen molar-refractivity contribution in [3.05, 3.63) is 132 Å². The van der Waals surface area contributed by atoms with E-state index < -0.39 is 6.97 Å². The number of nitrogens with one attached hydrogen (secondary N) is 2. The van der Waals surface area contributed by atoms with Gasteiger partial charge in [-0.15, -0.1) is 0 Å². The highest BCUT2D eigenvalue weighted by molar-refractivity contribution is 6.59. The molecule has 6 rings (SSSR count). The van der Waals surface area contributed by atoms with E-state index in [0.717, 1.165) is 37.0 Å². The Morgan fingerprint density at radius 3 is 2.00 bits per heavy atom. The standard InChI is InChI=1S/C28H23BF2N4/c1-20-12-14-21(15-13-20)28-24-16-18-26(32-22-8-4-2-5-9-22)34(24)29(30,31)35-25(28)17-19-27(35)33-23-10-6-3-7-11-23/h2-19,32-33H,1H3. The zero-order chi connectivity index (χ0) is 24.0. The number of rotatable bonds is 4. The SMILES string of the molecule is Cc1ccc(C2=C3C=CC(Nc4ccccc4)=[N+]3[B-](F)(F)n3c(Nc4ccccc4)ccc32)cc1. The molecule has 35 heavy (non-hydrogen) atoms. The quantitative estimate of drug-likeness (QED) is 0.333. The van der Waals surface area contributed by atoms with Crippen LogP contribution in [0.5, 0.6) is 0 Å². The fourth-order valence-corrected chi connectivity index (χ4v) is 4.78. The number of amidine groups is 1. The number of hydrogen-bond acceptors (Lipinski definition) is 2. The summed E-state index contributed by atoms with van der Waals surface area (Å²) in [5.41, 5.74) is 5.22. The highest BCUT2D eigenvalue weighted by Crippen LogP contribution is 2.42. The van der Waals surface area contributed by atoms with Crippen LogP contribution < -0.4 is 10.6 Å². The van der Waals surface area contributed by atoms with Gasteiger partial charge in [-0.25, -0.2) is 5.32 Å². The van der Waals surface area contributed by atoms with Crippen LogP contribution in [-0.2, 0) is 0 Å². The average Bonchev–Trinajstić information content (AvgIpc) is 3.48. The third-order valence-electron chi connectivity index (χ3n) is 6.40. The fourth-order valence-electron chi connectivity index (χ4n) is 4.78. The van der Waals surface area contributed by atoms with Crippen molar-refractivity contribution in [2.75, 3.05) is 10.6 Å². The van der Waals surface area contributed by atoms with Gasteiger partial charge in [0.25, 0.3) is 0 Å². The molecule has 0 saturated carbocycles. The lowest BCUT2D eigenvalue weighted by Gasteiger charge is -2.37. The van der Waals surface area contributed by atoms with E-state index in [2.05, 4.69) is 10.6 Å². The molecule has 3 heterocycles. The number of aryl methyl sites for hydroxylation is 1. The summed E-state index contributed by atoms with van der Waals surface area (Å²) in [6.07, 6.45) is 3.50. The highest BCUT2D eigenvalue weighted by atomic mass is 19.2. The van der Waals surface area contributed by atoms with Gasteiger partial charge in [-0.1, -0.05) is 66.2 Å². The minimum atomic E-state index is -4.20. The first kappa shape index (κ1) is 21.2. The van der Waals surface area contributed by atoms with Crippen molar-refractivity contribution >= 4 is 35.6 Å². The van der Waals surface area contributed by atoms with Crippen molar-refractivity contribution in [1.82, 2.24) is 4.48 Å². The predicted molar refractivity (Wildman–Crippen MR) is 139 cm³/mol. The number of fused-ring (bicyclic) bond motifs is 2. The molecule has 3 aromatic carbocycles. The van der Waals surface area contributed by atoms with E-state index in [1.165, 1.54) is 0 Å². The van der Waals surface area contributed by atoms with E-state index in [1.807, 2.05) is 91.9 Å². The third kappa shape index (κ3) is 3.56. The molecular formula is C28H23BF2N4. The van der Waals surface area contributed by atoms with E-state index in [-0.39, 0.29) is 0 Å². The van der Waals surface area contributed by atoms with E-state index in [4.69, 9.17) is 0 Å². The van der Waals surface area contributed by atoms with Gasteiger partial charge in [0, 0.05) is 23.0 Å². The Hall–Kier alpha value is -4.39. The number of nitrogens with zero attached hydrogens (tertiary/aromatic N) is 2. The Bertz CT molecular complexity index is 1500. The largest absolute Gasteiger partial charge is 0.640 e. The number of benzene rings is 3. The Kier molecular flexibility index (Phi) is 4.92. The van der Waals surface area contributed by atoms with Crippen LogP contribution in [-0.4, -0.2) is 21.8 Å². The summed E-state index contributed by atoms with van der Waals surface area (Å²) in [5, 5.41) is 6.38. The lowest BCUT2D eigenvalue weighted by molar-refractivity contribution is -0.361. The molecule has 4 nitrogen and oxygen atoms in total. The van der Waals surface area contributed by atoms with Gasteiger partial charge in [-0.05, 0) is 55.0 Å². The van der Waals surface area contributed by atoms with Crippen LogP contribution in [0.15, 0.2) is 115 Å². The van der Waals surface area contributed by atoms with E-state index in [0.29, 0.717) is 23.0 Å². The summed E-state index contributed by atoms with van der Waals surface area (Å²) >= 11 is 0. The number of allylic oxidation sites excluding steroid dienone is 1. The lowest BCUT2D eigenvalue weighted by atomic mass is 9.86. The second-order valence-corrected chi connectivity index (χ2v) is 8.76. The maximum atomic E-state index is 16.4. The van der Waals surface area contributed by atoms with Crippen LogP contribution in [0.25, 0.3) is 5.57 Å². The van der Waals surface area contributed by atoms with Gasteiger partial charge in [-0.3, -0.25) is 0 Å². The molecule has 2 aliphatic heterocycles. The Morgan fingerprint density at radius 1 is 0.714 bits per heavy atom. The molecule has 7 heteroatoms. The maximum Gasteiger partial charge on any atom is 0.640 e. The van der Waals surface area contributed by atoms with Crippen molar-refractivity contribution in [1.29, 1.82) is 0 Å². The summed E-state index contributed by atoms with van der Waals surface area (Å²) in [4.78, 5) is 0. The molecule has 0 saturated heterocycles. The zero-order valence-corrected chi connectivity index (χ0v) is 19.1. The van der Waals surface area contributed by atoms with Crippen molar-refractivity contribution in [3.8, 4) is 0 Å². The normalized spacial score (nSPS) is 15.7. The summed E-state index contributed by atoms with van der Waals surface area (Å²) in [6.45, 7) is -2.18. The molecule has 1 aromatic heterocycles. The molecule has 0 spiro atoms. The Balaban J connectivity index is 1.57. The molecule has 0 fully saturated rings. The monoisotopic (exact) mass is 464 g/mol. The van der Waals surface area contributed by atoms with Crippen molar-refractivity contribution in [2.24, 2.45) is 0 Å². The van der Waals surface area contributed by atoms with E-state index in [9.17, 15) is 0 Å². The van der Waals surface area contributed by atoms with Crippen LogP contribution in [0, 0.1) is 6.92 Å². The second kappa shape index (κ2) is 8.13. The minimum absolute atomic E-state index is 0.339. The number of anilines is 3. The number of aromatic nitrogens is 1.